The summed E-state index contributed by atoms with van der Waals surface area (Å²) in [6, 6.07) is 3.74. The van der Waals surface area contributed by atoms with Gasteiger partial charge in [0.25, 0.3) is 0 Å². The number of anilines is 1. The van der Waals surface area contributed by atoms with Crippen LogP contribution in [0.25, 0.3) is 0 Å². The second-order valence-electron chi connectivity index (χ2n) is 4.45. The molecule has 1 aromatic carbocycles. The van der Waals surface area contributed by atoms with Crippen LogP contribution in [-0.2, 0) is 0 Å². The van der Waals surface area contributed by atoms with Gasteiger partial charge in [-0.2, -0.15) is 0 Å². The number of aliphatic hydroxyl groups excluding tert-OH is 2. The van der Waals surface area contributed by atoms with E-state index in [1.165, 1.54) is 0 Å². The van der Waals surface area contributed by atoms with Gasteiger partial charge < -0.3 is 24.6 Å². The van der Waals surface area contributed by atoms with Crippen LogP contribution in [-0.4, -0.2) is 43.3 Å². The normalized spacial score (nSPS) is 14.7. The third-order valence-electron chi connectivity index (χ3n) is 3.29. The van der Waals surface area contributed by atoms with E-state index >= 15 is 0 Å². The van der Waals surface area contributed by atoms with E-state index in [2.05, 4.69) is 0 Å². The van der Waals surface area contributed by atoms with Crippen LogP contribution in [0, 0.1) is 6.92 Å². The maximum absolute atomic E-state index is 9.36. The molecule has 0 radical (unpaired) electrons. The van der Waals surface area contributed by atoms with Gasteiger partial charge in [0.2, 0.25) is 6.79 Å². The van der Waals surface area contributed by atoms with Crippen LogP contribution < -0.4 is 14.4 Å². The van der Waals surface area contributed by atoms with Crippen LogP contribution in [0.2, 0.25) is 0 Å². The minimum atomic E-state index is -0.103. The molecule has 0 fully saturated rings. The monoisotopic (exact) mass is 253 g/mol. The van der Waals surface area contributed by atoms with E-state index in [9.17, 15) is 5.11 Å². The second-order valence-corrected chi connectivity index (χ2v) is 4.45. The summed E-state index contributed by atoms with van der Waals surface area (Å²) in [6.07, 6.45) is 0.529. The number of nitrogens with zero attached hydrogens (tertiary/aromatic N) is 1. The Labute approximate surface area is 107 Å². The summed E-state index contributed by atoms with van der Waals surface area (Å²) in [4.78, 5) is 1.97. The van der Waals surface area contributed by atoms with Gasteiger partial charge in [-0.05, 0) is 25.0 Å². The fourth-order valence-corrected chi connectivity index (χ4v) is 2.17. The average Bonchev–Trinajstić information content (AvgIpc) is 2.81. The highest BCUT2D eigenvalue weighted by Crippen LogP contribution is 2.38. The maximum atomic E-state index is 9.36. The van der Waals surface area contributed by atoms with E-state index in [0.29, 0.717) is 6.42 Å². The van der Waals surface area contributed by atoms with Crippen molar-refractivity contribution in [3.63, 3.8) is 0 Å². The molecule has 0 aromatic heterocycles. The summed E-state index contributed by atoms with van der Waals surface area (Å²) >= 11 is 0. The Hall–Kier alpha value is -1.46. The van der Waals surface area contributed by atoms with Crippen LogP contribution in [0.3, 0.4) is 0 Å². The van der Waals surface area contributed by atoms with Gasteiger partial charge in [-0.1, -0.05) is 0 Å². The van der Waals surface area contributed by atoms with Crippen LogP contribution >= 0.6 is 0 Å². The Balaban J connectivity index is 2.26. The highest BCUT2D eigenvalue weighted by molar-refractivity contribution is 5.62. The summed E-state index contributed by atoms with van der Waals surface area (Å²) in [5.74, 6) is 1.48. The molecular formula is C13H19NO4. The average molecular weight is 253 g/mol. The molecule has 0 spiro atoms. The Morgan fingerprint density at radius 3 is 2.56 bits per heavy atom. The first-order valence-corrected chi connectivity index (χ1v) is 6.02. The van der Waals surface area contributed by atoms with Crippen molar-refractivity contribution < 1.29 is 19.7 Å². The lowest BCUT2D eigenvalue weighted by Gasteiger charge is -2.29. The Kier molecular flexibility index (Phi) is 3.93. The van der Waals surface area contributed by atoms with E-state index in [-0.39, 0.29) is 26.0 Å². The van der Waals surface area contributed by atoms with Gasteiger partial charge in [0.1, 0.15) is 0 Å². The summed E-state index contributed by atoms with van der Waals surface area (Å²) in [5, 5.41) is 18.4. The molecule has 1 aliphatic heterocycles. The largest absolute Gasteiger partial charge is 0.454 e. The number of benzene rings is 1. The lowest BCUT2D eigenvalue weighted by molar-refractivity contribution is 0.174. The molecule has 2 rings (SSSR count). The van der Waals surface area contributed by atoms with Gasteiger partial charge in [0, 0.05) is 25.4 Å². The van der Waals surface area contributed by atoms with Gasteiger partial charge in [0.05, 0.1) is 12.6 Å². The van der Waals surface area contributed by atoms with Gasteiger partial charge in [-0.25, -0.2) is 0 Å². The molecule has 1 heterocycles. The van der Waals surface area contributed by atoms with E-state index in [4.69, 9.17) is 14.6 Å². The molecule has 2 N–H and O–H groups in total. The van der Waals surface area contributed by atoms with Crippen molar-refractivity contribution >= 4 is 5.69 Å². The fourth-order valence-electron chi connectivity index (χ4n) is 2.17. The highest BCUT2D eigenvalue weighted by atomic mass is 16.7. The van der Waals surface area contributed by atoms with Crippen molar-refractivity contribution in [3.8, 4) is 11.5 Å². The molecular weight excluding hydrogens is 234 g/mol. The standard InChI is InChI=1S/C13H19NO4/c1-9-5-12-13(18-8-17-12)6-11(9)14(2)10(7-16)3-4-15/h5-6,10,15-16H,3-4,7-8H2,1-2H3. The Morgan fingerprint density at radius 1 is 1.28 bits per heavy atom. The van der Waals surface area contributed by atoms with Gasteiger partial charge in [0.15, 0.2) is 11.5 Å². The van der Waals surface area contributed by atoms with Crippen LogP contribution in [0.5, 0.6) is 11.5 Å². The van der Waals surface area contributed by atoms with Crippen molar-refractivity contribution in [2.75, 3.05) is 32.0 Å². The molecule has 0 aliphatic carbocycles. The third-order valence-corrected chi connectivity index (χ3v) is 3.29. The molecule has 0 amide bonds. The van der Waals surface area contributed by atoms with Gasteiger partial charge in [-0.15, -0.1) is 0 Å². The number of fused-ring (bicyclic) bond motifs is 1. The molecule has 1 unspecified atom stereocenters. The summed E-state index contributed by atoms with van der Waals surface area (Å²) in [7, 11) is 1.90. The molecule has 0 saturated carbocycles. The predicted octanol–water partition coefficient (Wildman–Crippen LogP) is 0.903. The number of hydrogen-bond donors (Lipinski definition) is 2. The minimum Gasteiger partial charge on any atom is -0.454 e. The molecule has 5 nitrogen and oxygen atoms in total. The quantitative estimate of drug-likeness (QED) is 0.816. The molecule has 5 heteroatoms. The van der Waals surface area contributed by atoms with E-state index in [1.807, 2.05) is 31.0 Å². The predicted molar refractivity (Wildman–Crippen MR) is 68.3 cm³/mol. The molecule has 1 atom stereocenters. The van der Waals surface area contributed by atoms with Crippen LogP contribution in [0.15, 0.2) is 12.1 Å². The smallest absolute Gasteiger partial charge is 0.231 e. The lowest BCUT2D eigenvalue weighted by Crippen LogP contribution is -2.35. The summed E-state index contributed by atoms with van der Waals surface area (Å²) < 4.78 is 10.7. The maximum Gasteiger partial charge on any atom is 0.231 e. The van der Waals surface area contributed by atoms with Crippen molar-refractivity contribution in [2.24, 2.45) is 0 Å². The zero-order valence-corrected chi connectivity index (χ0v) is 10.7. The zero-order valence-electron chi connectivity index (χ0n) is 10.7. The first-order valence-electron chi connectivity index (χ1n) is 6.02. The van der Waals surface area contributed by atoms with E-state index in [1.54, 1.807) is 0 Å². The number of aliphatic hydroxyl groups is 2. The van der Waals surface area contributed by atoms with Crippen molar-refractivity contribution in [1.29, 1.82) is 0 Å². The molecule has 18 heavy (non-hydrogen) atoms. The summed E-state index contributed by atoms with van der Waals surface area (Å²) in [5.41, 5.74) is 2.03. The second kappa shape index (κ2) is 5.46. The van der Waals surface area contributed by atoms with Crippen molar-refractivity contribution in [1.82, 2.24) is 0 Å². The van der Waals surface area contributed by atoms with Crippen molar-refractivity contribution in [2.45, 2.75) is 19.4 Å². The van der Waals surface area contributed by atoms with E-state index < -0.39 is 0 Å². The first-order chi connectivity index (χ1) is 8.67. The molecule has 0 saturated heterocycles. The Bertz CT molecular complexity index is 422. The SMILES string of the molecule is Cc1cc2c(cc1N(C)C(CO)CCO)OCO2. The Morgan fingerprint density at radius 2 is 1.94 bits per heavy atom. The van der Waals surface area contributed by atoms with Gasteiger partial charge in [-0.3, -0.25) is 0 Å². The number of aryl methyl sites for hydroxylation is 1. The molecule has 1 aliphatic rings. The molecule has 1 aromatic rings. The lowest BCUT2D eigenvalue weighted by atomic mass is 10.1. The summed E-state index contributed by atoms with van der Waals surface area (Å²) in [6.45, 7) is 2.30. The van der Waals surface area contributed by atoms with Crippen LogP contribution in [0.4, 0.5) is 5.69 Å². The van der Waals surface area contributed by atoms with Crippen LogP contribution in [0.1, 0.15) is 12.0 Å². The van der Waals surface area contributed by atoms with Crippen molar-refractivity contribution in [3.05, 3.63) is 17.7 Å². The number of hydrogen-bond acceptors (Lipinski definition) is 5. The zero-order chi connectivity index (χ0) is 13.1. The first kappa shape index (κ1) is 13.0. The van der Waals surface area contributed by atoms with E-state index in [0.717, 1.165) is 22.7 Å². The molecule has 0 bridgehead atoms. The number of rotatable bonds is 5. The minimum absolute atomic E-state index is 0.00490. The third kappa shape index (κ3) is 2.37. The number of likely N-dealkylation sites (N-methyl/N-ethyl adjacent to an activating group) is 1. The van der Waals surface area contributed by atoms with Gasteiger partial charge >= 0.3 is 0 Å². The fraction of sp³-hybridized carbons (Fsp3) is 0.538. The highest BCUT2D eigenvalue weighted by Gasteiger charge is 2.20. The topological polar surface area (TPSA) is 62.2 Å². The molecule has 100 valence electrons. The number of ether oxygens (including phenoxy) is 2.